The third-order valence-electron chi connectivity index (χ3n) is 2.82. The average molecular weight is 327 g/mol. The van der Waals surface area contributed by atoms with E-state index in [0.29, 0.717) is 21.1 Å². The lowest BCUT2D eigenvalue weighted by molar-refractivity contribution is 0.472. The van der Waals surface area contributed by atoms with Gasteiger partial charge in [0.25, 0.3) is 0 Å². The fourth-order valence-corrected chi connectivity index (χ4v) is 3.07. The molecule has 0 radical (unpaired) electrons. The number of thioether (sulfide) groups is 1. The highest BCUT2D eigenvalue weighted by molar-refractivity contribution is 7.98. The zero-order chi connectivity index (χ0) is 13.7. The van der Waals surface area contributed by atoms with Gasteiger partial charge in [0, 0.05) is 12.1 Å². The summed E-state index contributed by atoms with van der Waals surface area (Å²) in [6.07, 6.45) is 3.25. The highest BCUT2D eigenvalue weighted by Crippen LogP contribution is 2.35. The quantitative estimate of drug-likeness (QED) is 0.699. The van der Waals surface area contributed by atoms with Crippen LogP contribution in [0.5, 0.6) is 0 Å². The average Bonchev–Trinajstić information content (AvgIpc) is 2.33. The van der Waals surface area contributed by atoms with Crippen LogP contribution in [0, 0.1) is 0 Å². The number of rotatable bonds is 6. The minimum absolute atomic E-state index is 0.157. The molecule has 102 valence electrons. The van der Waals surface area contributed by atoms with Crippen molar-refractivity contribution in [1.29, 1.82) is 0 Å². The number of hydrogen-bond donors (Lipinski definition) is 1. The Balaban J connectivity index is 2.72. The Kier molecular flexibility index (Phi) is 7.19. The van der Waals surface area contributed by atoms with Crippen molar-refractivity contribution in [2.75, 3.05) is 12.0 Å². The fraction of sp³-hybridized carbons (Fsp3) is 0.538. The molecule has 1 N–H and O–H groups in total. The first-order valence-corrected chi connectivity index (χ1v) is 8.38. The molecule has 18 heavy (non-hydrogen) atoms. The zero-order valence-electron chi connectivity index (χ0n) is 10.8. The van der Waals surface area contributed by atoms with Crippen LogP contribution in [0.25, 0.3) is 0 Å². The molecule has 0 saturated carbocycles. The van der Waals surface area contributed by atoms with Gasteiger partial charge in [0.1, 0.15) is 0 Å². The van der Waals surface area contributed by atoms with Crippen molar-refractivity contribution in [1.82, 2.24) is 5.32 Å². The monoisotopic (exact) mass is 325 g/mol. The highest BCUT2D eigenvalue weighted by atomic mass is 35.5. The molecule has 0 saturated heterocycles. The van der Waals surface area contributed by atoms with E-state index in [4.69, 9.17) is 34.8 Å². The van der Waals surface area contributed by atoms with Crippen LogP contribution >= 0.6 is 46.6 Å². The largest absolute Gasteiger partial charge is 0.308 e. The maximum Gasteiger partial charge on any atom is 0.0781 e. The minimum Gasteiger partial charge on any atom is -0.308 e. The Morgan fingerprint density at radius 1 is 1.17 bits per heavy atom. The summed E-state index contributed by atoms with van der Waals surface area (Å²) < 4.78 is 0. The van der Waals surface area contributed by atoms with Crippen molar-refractivity contribution in [3.63, 3.8) is 0 Å². The molecule has 1 aromatic rings. The van der Waals surface area contributed by atoms with E-state index in [1.165, 1.54) is 0 Å². The van der Waals surface area contributed by atoms with Gasteiger partial charge < -0.3 is 5.32 Å². The van der Waals surface area contributed by atoms with Crippen LogP contribution in [0.3, 0.4) is 0 Å². The third-order valence-corrected chi connectivity index (χ3v) is 4.77. The molecule has 1 aromatic carbocycles. The maximum absolute atomic E-state index is 6.22. The predicted molar refractivity (Wildman–Crippen MR) is 85.5 cm³/mol. The molecule has 0 aliphatic rings. The molecule has 0 aliphatic heterocycles. The number of benzene rings is 1. The van der Waals surface area contributed by atoms with Gasteiger partial charge in [0.15, 0.2) is 0 Å². The Morgan fingerprint density at radius 3 is 2.44 bits per heavy atom. The van der Waals surface area contributed by atoms with E-state index in [-0.39, 0.29) is 6.04 Å². The van der Waals surface area contributed by atoms with E-state index in [9.17, 15) is 0 Å². The van der Waals surface area contributed by atoms with Crippen molar-refractivity contribution >= 4 is 46.6 Å². The second kappa shape index (κ2) is 7.86. The van der Waals surface area contributed by atoms with Crippen molar-refractivity contribution in [3.05, 3.63) is 32.8 Å². The van der Waals surface area contributed by atoms with E-state index in [0.717, 1.165) is 17.7 Å². The topological polar surface area (TPSA) is 12.0 Å². The van der Waals surface area contributed by atoms with E-state index in [1.807, 2.05) is 17.8 Å². The Morgan fingerprint density at radius 2 is 1.83 bits per heavy atom. The normalized spacial score (nSPS) is 14.6. The van der Waals surface area contributed by atoms with E-state index < -0.39 is 0 Å². The molecule has 0 fully saturated rings. The Labute approximate surface area is 129 Å². The van der Waals surface area contributed by atoms with E-state index in [2.05, 4.69) is 25.4 Å². The third kappa shape index (κ3) is 4.50. The van der Waals surface area contributed by atoms with Gasteiger partial charge in [0.05, 0.1) is 15.1 Å². The van der Waals surface area contributed by atoms with Crippen LogP contribution in [-0.2, 0) is 0 Å². The molecule has 1 rings (SSSR count). The van der Waals surface area contributed by atoms with Crippen LogP contribution < -0.4 is 5.32 Å². The lowest BCUT2D eigenvalue weighted by Crippen LogP contribution is -2.29. The van der Waals surface area contributed by atoms with Crippen LogP contribution in [0.15, 0.2) is 12.1 Å². The smallest absolute Gasteiger partial charge is 0.0781 e. The Hall–Kier alpha value is 0.400. The molecule has 0 bridgehead atoms. The van der Waals surface area contributed by atoms with Gasteiger partial charge in [-0.25, -0.2) is 0 Å². The number of halogens is 3. The van der Waals surface area contributed by atoms with E-state index in [1.54, 1.807) is 6.07 Å². The summed E-state index contributed by atoms with van der Waals surface area (Å²) in [6.45, 7) is 4.26. The first-order valence-electron chi connectivity index (χ1n) is 5.85. The molecule has 0 aromatic heterocycles. The molecule has 1 nitrogen and oxygen atoms in total. The summed E-state index contributed by atoms with van der Waals surface area (Å²) in [7, 11) is 0. The minimum atomic E-state index is 0.157. The molecule has 0 aliphatic carbocycles. The van der Waals surface area contributed by atoms with Crippen LogP contribution in [0.4, 0.5) is 0 Å². The summed E-state index contributed by atoms with van der Waals surface area (Å²) in [4.78, 5) is 0. The molecular formula is C13H18Cl3NS. The van der Waals surface area contributed by atoms with Crippen molar-refractivity contribution in [2.24, 2.45) is 0 Å². The van der Waals surface area contributed by atoms with Gasteiger partial charge in [0.2, 0.25) is 0 Å². The molecule has 0 heterocycles. The van der Waals surface area contributed by atoms with Gasteiger partial charge in [-0.3, -0.25) is 0 Å². The van der Waals surface area contributed by atoms with Crippen molar-refractivity contribution in [2.45, 2.75) is 32.4 Å². The summed E-state index contributed by atoms with van der Waals surface area (Å²) in [5, 5.41) is 4.99. The fourth-order valence-electron chi connectivity index (χ4n) is 1.77. The lowest BCUT2D eigenvalue weighted by Gasteiger charge is -2.21. The van der Waals surface area contributed by atoms with Gasteiger partial charge in [-0.2, -0.15) is 11.8 Å². The molecule has 0 spiro atoms. The van der Waals surface area contributed by atoms with Crippen LogP contribution in [-0.4, -0.2) is 18.1 Å². The maximum atomic E-state index is 6.22. The SMILES string of the molecule is CSCCC(C)NC(C)c1ccc(Cl)c(Cl)c1Cl. The highest BCUT2D eigenvalue weighted by Gasteiger charge is 2.15. The number of hydrogen-bond acceptors (Lipinski definition) is 2. The second-order valence-corrected chi connectivity index (χ2v) is 6.48. The van der Waals surface area contributed by atoms with Gasteiger partial charge >= 0.3 is 0 Å². The number of nitrogens with one attached hydrogen (secondary N) is 1. The lowest BCUT2D eigenvalue weighted by atomic mass is 10.1. The van der Waals surface area contributed by atoms with Crippen LogP contribution in [0.1, 0.15) is 31.9 Å². The van der Waals surface area contributed by atoms with E-state index >= 15 is 0 Å². The first-order chi connectivity index (χ1) is 8.47. The van der Waals surface area contributed by atoms with Crippen LogP contribution in [0.2, 0.25) is 15.1 Å². The second-order valence-electron chi connectivity index (χ2n) is 4.34. The van der Waals surface area contributed by atoms with Gasteiger partial charge in [-0.1, -0.05) is 40.9 Å². The molecule has 5 heteroatoms. The van der Waals surface area contributed by atoms with Gasteiger partial charge in [-0.05, 0) is 43.9 Å². The van der Waals surface area contributed by atoms with Gasteiger partial charge in [-0.15, -0.1) is 0 Å². The van der Waals surface area contributed by atoms with Crippen molar-refractivity contribution < 1.29 is 0 Å². The standard InChI is InChI=1S/C13H18Cl3NS/c1-8(6-7-18-3)17-9(2)10-4-5-11(14)13(16)12(10)15/h4-5,8-9,17H,6-7H2,1-3H3. The molecule has 0 amide bonds. The van der Waals surface area contributed by atoms with Crippen molar-refractivity contribution in [3.8, 4) is 0 Å². The molecular weight excluding hydrogens is 309 g/mol. The zero-order valence-corrected chi connectivity index (χ0v) is 13.9. The predicted octanol–water partition coefficient (Wildman–Crippen LogP) is 5.44. The summed E-state index contributed by atoms with van der Waals surface area (Å²) in [6, 6.07) is 4.31. The summed E-state index contributed by atoms with van der Waals surface area (Å²) >= 11 is 20.1. The first kappa shape index (κ1) is 16.5. The summed E-state index contributed by atoms with van der Waals surface area (Å²) in [5.74, 6) is 1.15. The summed E-state index contributed by atoms with van der Waals surface area (Å²) in [5.41, 5.74) is 0.988. The Bertz CT molecular complexity index is 398. The molecule has 2 atom stereocenters. The molecule has 2 unspecified atom stereocenters.